The number of rotatable bonds is 4. The zero-order chi connectivity index (χ0) is 16.2. The van der Waals surface area contributed by atoms with Crippen molar-refractivity contribution in [3.63, 3.8) is 0 Å². The van der Waals surface area contributed by atoms with Gasteiger partial charge in [0.1, 0.15) is 11.9 Å². The van der Waals surface area contributed by atoms with Crippen molar-refractivity contribution >= 4 is 5.91 Å². The highest BCUT2D eigenvalue weighted by Crippen LogP contribution is 2.28. The highest BCUT2D eigenvalue weighted by atomic mass is 19.1. The Morgan fingerprint density at radius 2 is 2.17 bits per heavy atom. The third-order valence-electron chi connectivity index (χ3n) is 3.93. The van der Waals surface area contributed by atoms with Crippen LogP contribution in [0.1, 0.15) is 17.2 Å². The number of amides is 1. The molecule has 1 saturated heterocycles. The minimum atomic E-state index is -0.658. The fourth-order valence-corrected chi connectivity index (χ4v) is 2.87. The lowest BCUT2D eigenvalue weighted by atomic mass is 10.0. The van der Waals surface area contributed by atoms with Gasteiger partial charge < -0.3 is 10.1 Å². The molecule has 1 aromatic carbocycles. The number of nitrogens with zero attached hydrogens (tertiary/aromatic N) is 2. The fraction of sp³-hybridized carbons (Fsp3) is 0.294. The number of carbonyl (C=O) groups is 1. The van der Waals surface area contributed by atoms with Crippen molar-refractivity contribution in [1.29, 1.82) is 0 Å². The van der Waals surface area contributed by atoms with E-state index in [2.05, 4.69) is 10.3 Å². The van der Waals surface area contributed by atoms with E-state index in [9.17, 15) is 9.18 Å². The molecule has 0 spiro atoms. The van der Waals surface area contributed by atoms with Crippen molar-refractivity contribution in [1.82, 2.24) is 15.2 Å². The lowest BCUT2D eigenvalue weighted by molar-refractivity contribution is -0.129. The van der Waals surface area contributed by atoms with Crippen LogP contribution in [0.25, 0.3) is 0 Å². The average molecular weight is 315 g/mol. The van der Waals surface area contributed by atoms with Crippen LogP contribution in [0.4, 0.5) is 4.39 Å². The molecule has 0 bridgehead atoms. The third-order valence-corrected chi connectivity index (χ3v) is 3.93. The Bertz CT molecular complexity index is 708. The van der Waals surface area contributed by atoms with Crippen LogP contribution in [-0.4, -0.2) is 36.0 Å². The molecule has 0 aliphatic carbocycles. The lowest BCUT2D eigenvalue weighted by Gasteiger charge is -2.35. The fourth-order valence-electron chi connectivity index (χ4n) is 2.87. The number of carbonyl (C=O) groups excluding carboxylic acids is 1. The van der Waals surface area contributed by atoms with Crippen LogP contribution in [0.3, 0.4) is 0 Å². The van der Waals surface area contributed by atoms with Crippen molar-refractivity contribution < 1.29 is 13.9 Å². The molecule has 6 heteroatoms. The molecule has 3 rings (SSSR count). The number of benzene rings is 1. The second-order valence-electron chi connectivity index (χ2n) is 5.36. The maximum atomic E-state index is 14.2. The molecular weight excluding hydrogens is 297 g/mol. The minimum absolute atomic E-state index is 0.191. The van der Waals surface area contributed by atoms with Crippen LogP contribution in [0.15, 0.2) is 42.6 Å². The first-order valence-corrected chi connectivity index (χ1v) is 7.45. The summed E-state index contributed by atoms with van der Waals surface area (Å²) < 4.78 is 19.4. The third kappa shape index (κ3) is 3.17. The second kappa shape index (κ2) is 6.75. The summed E-state index contributed by atoms with van der Waals surface area (Å²) in [5, 5.41) is 2.81. The molecule has 1 amide bonds. The summed E-state index contributed by atoms with van der Waals surface area (Å²) in [7, 11) is 1.56. The van der Waals surface area contributed by atoms with Crippen molar-refractivity contribution in [3.05, 3.63) is 59.5 Å². The molecule has 0 saturated carbocycles. The summed E-state index contributed by atoms with van der Waals surface area (Å²) in [6, 6.07) is 9.45. The average Bonchev–Trinajstić information content (AvgIpc) is 2.57. The van der Waals surface area contributed by atoms with Crippen molar-refractivity contribution in [2.75, 3.05) is 20.2 Å². The summed E-state index contributed by atoms with van der Waals surface area (Å²) in [5.41, 5.74) is 1.25. The molecule has 2 aromatic rings. The van der Waals surface area contributed by atoms with E-state index in [4.69, 9.17) is 4.74 Å². The first-order chi connectivity index (χ1) is 11.2. The van der Waals surface area contributed by atoms with Crippen LogP contribution >= 0.6 is 0 Å². The molecule has 1 N–H and O–H groups in total. The van der Waals surface area contributed by atoms with Crippen molar-refractivity contribution in [2.45, 2.75) is 12.6 Å². The van der Waals surface area contributed by atoms with E-state index < -0.39 is 6.04 Å². The largest absolute Gasteiger partial charge is 0.481 e. The SMILES string of the molecule is COc1ncccc1CN1CCNC(=O)[C@@H]1c1ccccc1F. The summed E-state index contributed by atoms with van der Waals surface area (Å²) in [5.74, 6) is -0.0484. The Kier molecular flexibility index (Phi) is 4.52. The number of methoxy groups -OCH3 is 1. The number of hydrogen-bond acceptors (Lipinski definition) is 4. The van der Waals surface area contributed by atoms with Crippen LogP contribution < -0.4 is 10.1 Å². The molecule has 5 nitrogen and oxygen atoms in total. The Morgan fingerprint density at radius 1 is 1.35 bits per heavy atom. The minimum Gasteiger partial charge on any atom is -0.481 e. The van der Waals surface area contributed by atoms with Gasteiger partial charge in [0, 0.05) is 37.0 Å². The van der Waals surface area contributed by atoms with Gasteiger partial charge in [-0.1, -0.05) is 24.3 Å². The van der Waals surface area contributed by atoms with E-state index in [1.165, 1.54) is 6.07 Å². The van der Waals surface area contributed by atoms with Gasteiger partial charge in [0.15, 0.2) is 0 Å². The Labute approximate surface area is 134 Å². The number of halogens is 1. The van der Waals surface area contributed by atoms with Crippen molar-refractivity contribution in [2.24, 2.45) is 0 Å². The number of hydrogen-bond donors (Lipinski definition) is 1. The Balaban J connectivity index is 1.92. The Morgan fingerprint density at radius 3 is 2.96 bits per heavy atom. The van der Waals surface area contributed by atoms with Crippen LogP contribution in [0.5, 0.6) is 5.88 Å². The van der Waals surface area contributed by atoms with Gasteiger partial charge in [0.05, 0.1) is 7.11 Å². The summed E-state index contributed by atoms with van der Waals surface area (Å²) in [4.78, 5) is 18.5. The van der Waals surface area contributed by atoms with Gasteiger partial charge in [0.2, 0.25) is 11.8 Å². The smallest absolute Gasteiger partial charge is 0.242 e. The maximum absolute atomic E-state index is 14.2. The van der Waals surface area contributed by atoms with Crippen molar-refractivity contribution in [3.8, 4) is 5.88 Å². The molecule has 0 radical (unpaired) electrons. The molecule has 120 valence electrons. The van der Waals surface area contributed by atoms with Gasteiger partial charge in [-0.25, -0.2) is 9.37 Å². The normalized spacial score (nSPS) is 18.5. The summed E-state index contributed by atoms with van der Waals surface area (Å²) in [6.45, 7) is 1.62. The predicted octanol–water partition coefficient (Wildman–Crippen LogP) is 1.90. The first-order valence-electron chi connectivity index (χ1n) is 7.45. The Hall–Kier alpha value is -2.47. The molecule has 1 atom stereocenters. The molecule has 0 unspecified atom stereocenters. The molecule has 1 fully saturated rings. The first kappa shape index (κ1) is 15.4. The van der Waals surface area contributed by atoms with E-state index >= 15 is 0 Å². The molecule has 1 aromatic heterocycles. The van der Waals surface area contributed by atoms with Crippen LogP contribution in [0.2, 0.25) is 0 Å². The number of pyridine rings is 1. The summed E-state index contributed by atoms with van der Waals surface area (Å²) >= 11 is 0. The second-order valence-corrected chi connectivity index (χ2v) is 5.36. The predicted molar refractivity (Wildman–Crippen MR) is 83.3 cm³/mol. The van der Waals surface area contributed by atoms with Gasteiger partial charge in [-0.05, 0) is 12.1 Å². The van der Waals surface area contributed by atoms with E-state index in [0.717, 1.165) is 5.56 Å². The van der Waals surface area contributed by atoms with Crippen LogP contribution in [0, 0.1) is 5.82 Å². The molecule has 1 aliphatic rings. The zero-order valence-electron chi connectivity index (χ0n) is 12.8. The van der Waals surface area contributed by atoms with Gasteiger partial charge in [0.25, 0.3) is 0 Å². The number of piperazine rings is 1. The number of aromatic nitrogens is 1. The van der Waals surface area contributed by atoms with Gasteiger partial charge in [-0.3, -0.25) is 9.69 Å². The molecule has 23 heavy (non-hydrogen) atoms. The molecule has 2 heterocycles. The quantitative estimate of drug-likeness (QED) is 0.936. The standard InChI is InChI=1S/C17H18FN3O2/c1-23-17-12(5-4-8-20-17)11-21-10-9-19-16(22)15(21)13-6-2-3-7-14(13)18/h2-8,15H,9-11H2,1H3,(H,19,22)/t15-/m0/s1. The molecule has 1 aliphatic heterocycles. The highest BCUT2D eigenvalue weighted by Gasteiger charge is 2.33. The molecular formula is C17H18FN3O2. The monoisotopic (exact) mass is 315 g/mol. The van der Waals surface area contributed by atoms with E-state index in [1.54, 1.807) is 31.5 Å². The van der Waals surface area contributed by atoms with E-state index in [-0.39, 0.29) is 11.7 Å². The van der Waals surface area contributed by atoms with E-state index in [1.807, 2.05) is 17.0 Å². The van der Waals surface area contributed by atoms with Crippen LogP contribution in [-0.2, 0) is 11.3 Å². The summed E-state index contributed by atoms with van der Waals surface area (Å²) in [6.07, 6.45) is 1.65. The maximum Gasteiger partial charge on any atom is 0.242 e. The lowest BCUT2D eigenvalue weighted by Crippen LogP contribution is -2.49. The van der Waals surface area contributed by atoms with Gasteiger partial charge in [-0.15, -0.1) is 0 Å². The van der Waals surface area contributed by atoms with E-state index in [0.29, 0.717) is 31.1 Å². The topological polar surface area (TPSA) is 54.5 Å². The number of nitrogens with one attached hydrogen (secondary N) is 1. The number of ether oxygens (including phenoxy) is 1. The van der Waals surface area contributed by atoms with Gasteiger partial charge in [-0.2, -0.15) is 0 Å². The highest BCUT2D eigenvalue weighted by molar-refractivity contribution is 5.84. The zero-order valence-corrected chi connectivity index (χ0v) is 12.8. The van der Waals surface area contributed by atoms with Gasteiger partial charge >= 0.3 is 0 Å².